The highest BCUT2D eigenvalue weighted by Gasteiger charge is 2.32. The van der Waals surface area contributed by atoms with Crippen molar-refractivity contribution in [3.8, 4) is 0 Å². The minimum absolute atomic E-state index is 0.0456. The first-order chi connectivity index (χ1) is 9.38. The Kier molecular flexibility index (Phi) is 3.64. The fourth-order valence-electron chi connectivity index (χ4n) is 1.67. The lowest BCUT2D eigenvalue weighted by Gasteiger charge is -2.10. The van der Waals surface area contributed by atoms with E-state index in [4.69, 9.17) is 0 Å². The Labute approximate surface area is 111 Å². The van der Waals surface area contributed by atoms with E-state index in [2.05, 4.69) is 10.3 Å². The van der Waals surface area contributed by atoms with Gasteiger partial charge in [-0.2, -0.15) is 13.2 Å². The van der Waals surface area contributed by atoms with Gasteiger partial charge in [0.25, 0.3) is 5.69 Å². The molecule has 1 aromatic carbocycles. The summed E-state index contributed by atoms with van der Waals surface area (Å²) in [6.45, 7) is 0.274. The first-order valence-electron chi connectivity index (χ1n) is 5.59. The largest absolute Gasteiger partial charge is 0.416 e. The quantitative estimate of drug-likeness (QED) is 0.666. The number of nitrogens with zero attached hydrogens (tertiary/aromatic N) is 1. The summed E-state index contributed by atoms with van der Waals surface area (Å²) in [6.07, 6.45) is -1.25. The third-order valence-electron chi connectivity index (χ3n) is 2.67. The Hall–Kier alpha value is -2.51. The number of aromatic nitrogens is 1. The standard InChI is InChI=1S/C12H10F3N3O2/c13-12(14,15)9-1-2-10(11(5-9)18(19)20)17-7-8-3-4-16-6-8/h1-6,16-17H,7H2. The Morgan fingerprint density at radius 2 is 2.05 bits per heavy atom. The summed E-state index contributed by atoms with van der Waals surface area (Å²) in [7, 11) is 0. The Morgan fingerprint density at radius 1 is 1.30 bits per heavy atom. The molecule has 8 heteroatoms. The molecule has 20 heavy (non-hydrogen) atoms. The average Bonchev–Trinajstić information content (AvgIpc) is 2.88. The molecule has 1 heterocycles. The second-order valence-corrected chi connectivity index (χ2v) is 4.06. The summed E-state index contributed by atoms with van der Waals surface area (Å²) in [5, 5.41) is 13.6. The molecule has 0 aliphatic carbocycles. The molecule has 0 atom stereocenters. The van der Waals surface area contributed by atoms with Gasteiger partial charge in [-0.05, 0) is 23.8 Å². The van der Waals surface area contributed by atoms with Gasteiger partial charge in [0.15, 0.2) is 0 Å². The zero-order chi connectivity index (χ0) is 14.8. The van der Waals surface area contributed by atoms with Crippen molar-refractivity contribution in [2.45, 2.75) is 12.7 Å². The number of nitrogens with one attached hydrogen (secondary N) is 2. The summed E-state index contributed by atoms with van der Waals surface area (Å²) in [4.78, 5) is 12.8. The summed E-state index contributed by atoms with van der Waals surface area (Å²) >= 11 is 0. The minimum Gasteiger partial charge on any atom is -0.375 e. The number of alkyl halides is 3. The molecule has 2 N–H and O–H groups in total. The van der Waals surface area contributed by atoms with Crippen LogP contribution in [0.5, 0.6) is 0 Å². The molecule has 0 saturated carbocycles. The third kappa shape index (κ3) is 3.08. The van der Waals surface area contributed by atoms with E-state index in [1.807, 2.05) is 0 Å². The van der Waals surface area contributed by atoms with Crippen LogP contribution in [-0.2, 0) is 12.7 Å². The van der Waals surface area contributed by atoms with Gasteiger partial charge in [-0.25, -0.2) is 0 Å². The number of hydrogen-bond donors (Lipinski definition) is 2. The average molecular weight is 285 g/mol. The van der Waals surface area contributed by atoms with E-state index in [1.54, 1.807) is 18.5 Å². The van der Waals surface area contributed by atoms with Crippen molar-refractivity contribution >= 4 is 11.4 Å². The molecule has 0 radical (unpaired) electrons. The van der Waals surface area contributed by atoms with Crippen molar-refractivity contribution in [1.82, 2.24) is 4.98 Å². The van der Waals surface area contributed by atoms with Crippen molar-refractivity contribution in [3.63, 3.8) is 0 Å². The maximum Gasteiger partial charge on any atom is 0.416 e. The first kappa shape index (κ1) is 13.9. The molecule has 1 aromatic heterocycles. The summed E-state index contributed by atoms with van der Waals surface area (Å²) in [5.41, 5.74) is -0.768. The number of halogens is 3. The molecule has 2 rings (SSSR count). The van der Waals surface area contributed by atoms with Gasteiger partial charge < -0.3 is 10.3 Å². The lowest BCUT2D eigenvalue weighted by molar-refractivity contribution is -0.384. The second-order valence-electron chi connectivity index (χ2n) is 4.06. The van der Waals surface area contributed by atoms with Crippen molar-refractivity contribution in [3.05, 3.63) is 57.9 Å². The first-order valence-corrected chi connectivity index (χ1v) is 5.59. The molecule has 0 unspecified atom stereocenters. The van der Waals surface area contributed by atoms with Crippen molar-refractivity contribution in [2.24, 2.45) is 0 Å². The lowest BCUT2D eigenvalue weighted by Crippen LogP contribution is -2.08. The Morgan fingerprint density at radius 3 is 2.60 bits per heavy atom. The molecule has 0 aliphatic heterocycles. The third-order valence-corrected chi connectivity index (χ3v) is 2.67. The summed E-state index contributed by atoms with van der Waals surface area (Å²) < 4.78 is 37.6. The Balaban J connectivity index is 2.26. The molecular weight excluding hydrogens is 275 g/mol. The molecule has 0 aliphatic rings. The zero-order valence-corrected chi connectivity index (χ0v) is 10.1. The van der Waals surface area contributed by atoms with Crippen molar-refractivity contribution in [1.29, 1.82) is 0 Å². The lowest BCUT2D eigenvalue weighted by atomic mass is 10.1. The molecule has 2 aromatic rings. The number of aromatic amines is 1. The van der Waals surface area contributed by atoms with Gasteiger partial charge in [0.1, 0.15) is 5.69 Å². The van der Waals surface area contributed by atoms with Gasteiger partial charge in [0.2, 0.25) is 0 Å². The predicted molar refractivity (Wildman–Crippen MR) is 66.2 cm³/mol. The van der Waals surface area contributed by atoms with Crippen LogP contribution in [0.2, 0.25) is 0 Å². The highest BCUT2D eigenvalue weighted by atomic mass is 19.4. The van der Waals surface area contributed by atoms with Gasteiger partial charge >= 0.3 is 6.18 Å². The van der Waals surface area contributed by atoms with Crippen LogP contribution in [0.3, 0.4) is 0 Å². The number of H-pyrrole nitrogens is 1. The number of rotatable bonds is 4. The van der Waals surface area contributed by atoms with Crippen LogP contribution < -0.4 is 5.32 Å². The number of hydrogen-bond acceptors (Lipinski definition) is 3. The fraction of sp³-hybridized carbons (Fsp3) is 0.167. The van der Waals surface area contributed by atoms with Crippen LogP contribution in [0.15, 0.2) is 36.7 Å². The smallest absolute Gasteiger partial charge is 0.375 e. The van der Waals surface area contributed by atoms with Crippen LogP contribution in [0.25, 0.3) is 0 Å². The predicted octanol–water partition coefficient (Wildman–Crippen LogP) is 3.55. The van der Waals surface area contributed by atoms with E-state index < -0.39 is 22.4 Å². The van der Waals surface area contributed by atoms with E-state index in [-0.39, 0.29) is 12.2 Å². The van der Waals surface area contributed by atoms with E-state index in [1.165, 1.54) is 0 Å². The molecule has 5 nitrogen and oxygen atoms in total. The van der Waals surface area contributed by atoms with Gasteiger partial charge in [0.05, 0.1) is 10.5 Å². The molecular formula is C12H10F3N3O2. The van der Waals surface area contributed by atoms with E-state index >= 15 is 0 Å². The maximum absolute atomic E-state index is 12.5. The van der Waals surface area contributed by atoms with Crippen LogP contribution in [0.4, 0.5) is 24.5 Å². The number of nitro benzene ring substituents is 1. The number of benzene rings is 1. The fourth-order valence-corrected chi connectivity index (χ4v) is 1.67. The highest BCUT2D eigenvalue weighted by Crippen LogP contribution is 2.35. The van der Waals surface area contributed by atoms with Crippen LogP contribution in [-0.4, -0.2) is 9.91 Å². The molecule has 0 bridgehead atoms. The molecule has 0 amide bonds. The number of anilines is 1. The highest BCUT2D eigenvalue weighted by molar-refractivity contribution is 5.63. The van der Waals surface area contributed by atoms with Gasteiger partial charge in [-0.1, -0.05) is 0 Å². The van der Waals surface area contributed by atoms with Crippen LogP contribution in [0, 0.1) is 10.1 Å². The summed E-state index contributed by atoms with van der Waals surface area (Å²) in [6, 6.07) is 4.16. The van der Waals surface area contributed by atoms with Crippen LogP contribution >= 0.6 is 0 Å². The van der Waals surface area contributed by atoms with Crippen molar-refractivity contribution in [2.75, 3.05) is 5.32 Å². The molecule has 0 fully saturated rings. The van der Waals surface area contributed by atoms with E-state index in [9.17, 15) is 23.3 Å². The number of nitro groups is 1. The topological polar surface area (TPSA) is 71.0 Å². The van der Waals surface area contributed by atoms with Gasteiger partial charge in [-0.3, -0.25) is 10.1 Å². The molecule has 0 saturated heterocycles. The zero-order valence-electron chi connectivity index (χ0n) is 10.1. The SMILES string of the molecule is O=[N+]([O-])c1cc(C(F)(F)F)ccc1NCc1cc[nH]c1. The van der Waals surface area contributed by atoms with Gasteiger partial charge in [0, 0.05) is 25.0 Å². The monoisotopic (exact) mass is 285 g/mol. The Bertz CT molecular complexity index is 609. The van der Waals surface area contributed by atoms with E-state index in [0.29, 0.717) is 6.07 Å². The summed E-state index contributed by atoms with van der Waals surface area (Å²) in [5.74, 6) is 0. The maximum atomic E-state index is 12.5. The van der Waals surface area contributed by atoms with Crippen molar-refractivity contribution < 1.29 is 18.1 Å². The van der Waals surface area contributed by atoms with E-state index in [0.717, 1.165) is 17.7 Å². The normalized spacial score (nSPS) is 11.3. The minimum atomic E-state index is -4.61. The molecule has 0 spiro atoms. The van der Waals surface area contributed by atoms with Gasteiger partial charge in [-0.15, -0.1) is 0 Å². The molecule has 106 valence electrons. The van der Waals surface area contributed by atoms with Crippen LogP contribution in [0.1, 0.15) is 11.1 Å². The second kappa shape index (κ2) is 5.24.